The molecule has 0 aromatic carbocycles. The molecule has 0 amide bonds. The monoisotopic (exact) mass is 204 g/mol. The minimum atomic E-state index is 0.635. The maximum absolute atomic E-state index is 10.5. The molecule has 1 fully saturated rings. The molecule has 1 aliphatic carbocycles. The normalized spacial score (nSPS) is 15.8. The molecule has 2 rings (SSSR count). The topological polar surface area (TPSA) is 33.2 Å². The molecule has 0 radical (unpaired) electrons. The van der Waals surface area contributed by atoms with Gasteiger partial charge in [-0.15, -0.1) is 0 Å². The number of hydrogen-bond acceptors (Lipinski definition) is 3. The van der Waals surface area contributed by atoms with Crippen molar-refractivity contribution in [3.05, 3.63) is 23.9 Å². The summed E-state index contributed by atoms with van der Waals surface area (Å²) in [6, 6.07) is 3.72. The zero-order chi connectivity index (χ0) is 10.7. The minimum Gasteiger partial charge on any atom is -0.359 e. The third-order valence-electron chi connectivity index (χ3n) is 3.05. The number of aromatic nitrogens is 1. The second-order valence-corrected chi connectivity index (χ2v) is 4.25. The maximum atomic E-state index is 10.5. The van der Waals surface area contributed by atoms with Gasteiger partial charge < -0.3 is 4.90 Å². The molecule has 15 heavy (non-hydrogen) atoms. The standard InChI is InChI=1S/C12H16N2O/c1-14(8-10-3-2-4-10)12-6-5-11(9-15)7-13-12/h5-7,9-10H,2-4,8H2,1H3. The largest absolute Gasteiger partial charge is 0.359 e. The zero-order valence-electron chi connectivity index (χ0n) is 9.02. The molecular formula is C12H16N2O. The third-order valence-corrected chi connectivity index (χ3v) is 3.05. The van der Waals surface area contributed by atoms with Crippen LogP contribution in [0.5, 0.6) is 0 Å². The van der Waals surface area contributed by atoms with Crippen molar-refractivity contribution in [1.29, 1.82) is 0 Å². The number of pyridine rings is 1. The summed E-state index contributed by atoms with van der Waals surface area (Å²) in [6.07, 6.45) is 6.51. The molecule has 0 atom stereocenters. The fourth-order valence-electron chi connectivity index (χ4n) is 1.85. The van der Waals surface area contributed by atoms with E-state index in [2.05, 4.69) is 16.9 Å². The molecule has 0 unspecified atom stereocenters. The average Bonchev–Trinajstić information content (AvgIpc) is 2.23. The average molecular weight is 204 g/mol. The van der Waals surface area contributed by atoms with Crippen LogP contribution in [0.2, 0.25) is 0 Å². The van der Waals surface area contributed by atoms with Crippen LogP contribution in [0.4, 0.5) is 5.82 Å². The summed E-state index contributed by atoms with van der Waals surface area (Å²) in [6.45, 7) is 1.08. The Morgan fingerprint density at radius 2 is 2.33 bits per heavy atom. The van der Waals surface area contributed by atoms with Gasteiger partial charge in [0.05, 0.1) is 0 Å². The Kier molecular flexibility index (Phi) is 2.99. The number of hydrogen-bond donors (Lipinski definition) is 0. The summed E-state index contributed by atoms with van der Waals surface area (Å²) in [4.78, 5) is 16.9. The molecule has 0 N–H and O–H groups in total. The lowest BCUT2D eigenvalue weighted by Gasteiger charge is -2.30. The number of nitrogens with zero attached hydrogens (tertiary/aromatic N) is 2. The van der Waals surface area contributed by atoms with Crippen LogP contribution in [0.1, 0.15) is 29.6 Å². The number of rotatable bonds is 4. The van der Waals surface area contributed by atoms with Gasteiger partial charge in [0.25, 0.3) is 0 Å². The quantitative estimate of drug-likeness (QED) is 0.704. The van der Waals surface area contributed by atoms with Crippen LogP contribution in [-0.4, -0.2) is 24.9 Å². The van der Waals surface area contributed by atoms with E-state index >= 15 is 0 Å². The molecule has 3 heteroatoms. The molecule has 1 aliphatic rings. The molecule has 0 saturated heterocycles. The summed E-state index contributed by atoms with van der Waals surface area (Å²) >= 11 is 0. The highest BCUT2D eigenvalue weighted by molar-refractivity contribution is 5.74. The summed E-state index contributed by atoms with van der Waals surface area (Å²) < 4.78 is 0. The fraction of sp³-hybridized carbons (Fsp3) is 0.500. The van der Waals surface area contributed by atoms with Crippen LogP contribution in [-0.2, 0) is 0 Å². The number of carbonyl (C=O) groups excluding carboxylic acids is 1. The van der Waals surface area contributed by atoms with Crippen molar-refractivity contribution >= 4 is 12.1 Å². The summed E-state index contributed by atoms with van der Waals surface area (Å²) in [5.74, 6) is 1.79. The number of carbonyl (C=O) groups is 1. The second kappa shape index (κ2) is 4.43. The predicted molar refractivity (Wildman–Crippen MR) is 60.2 cm³/mol. The van der Waals surface area contributed by atoms with Gasteiger partial charge in [0, 0.05) is 25.4 Å². The van der Waals surface area contributed by atoms with Crippen molar-refractivity contribution < 1.29 is 4.79 Å². The van der Waals surface area contributed by atoms with E-state index < -0.39 is 0 Å². The molecule has 0 aliphatic heterocycles. The van der Waals surface area contributed by atoms with E-state index in [0.717, 1.165) is 24.6 Å². The van der Waals surface area contributed by atoms with Crippen molar-refractivity contribution in [2.45, 2.75) is 19.3 Å². The van der Waals surface area contributed by atoms with Gasteiger partial charge in [0.15, 0.2) is 6.29 Å². The first-order chi connectivity index (χ1) is 7.29. The van der Waals surface area contributed by atoms with Crippen LogP contribution in [0, 0.1) is 5.92 Å². The molecule has 3 nitrogen and oxygen atoms in total. The van der Waals surface area contributed by atoms with E-state index in [1.54, 1.807) is 6.20 Å². The van der Waals surface area contributed by atoms with E-state index in [4.69, 9.17) is 0 Å². The second-order valence-electron chi connectivity index (χ2n) is 4.25. The lowest BCUT2D eigenvalue weighted by atomic mass is 9.85. The van der Waals surface area contributed by atoms with Gasteiger partial charge in [-0.3, -0.25) is 4.79 Å². The predicted octanol–water partition coefficient (Wildman–Crippen LogP) is 2.13. The van der Waals surface area contributed by atoms with Gasteiger partial charge in [-0.25, -0.2) is 4.98 Å². The summed E-state index contributed by atoms with van der Waals surface area (Å²) in [7, 11) is 2.06. The van der Waals surface area contributed by atoms with Crippen LogP contribution >= 0.6 is 0 Å². The van der Waals surface area contributed by atoms with Crippen molar-refractivity contribution in [3.8, 4) is 0 Å². The third kappa shape index (κ3) is 2.35. The molecule has 1 heterocycles. The molecule has 1 saturated carbocycles. The van der Waals surface area contributed by atoms with E-state index in [1.165, 1.54) is 19.3 Å². The highest BCUT2D eigenvalue weighted by Gasteiger charge is 2.19. The highest BCUT2D eigenvalue weighted by Crippen LogP contribution is 2.27. The lowest BCUT2D eigenvalue weighted by Crippen LogP contribution is -2.29. The Labute approximate surface area is 90.1 Å². The Morgan fingerprint density at radius 1 is 1.53 bits per heavy atom. The van der Waals surface area contributed by atoms with Crippen LogP contribution in [0.25, 0.3) is 0 Å². The van der Waals surface area contributed by atoms with Gasteiger partial charge in [0.1, 0.15) is 5.82 Å². The number of anilines is 1. The first kappa shape index (κ1) is 10.1. The van der Waals surface area contributed by atoms with Gasteiger partial charge in [0.2, 0.25) is 0 Å². The summed E-state index contributed by atoms with van der Waals surface area (Å²) in [5.41, 5.74) is 0.635. The maximum Gasteiger partial charge on any atom is 0.151 e. The minimum absolute atomic E-state index is 0.635. The Bertz CT molecular complexity index is 330. The Morgan fingerprint density at radius 3 is 2.80 bits per heavy atom. The van der Waals surface area contributed by atoms with Crippen LogP contribution in [0.3, 0.4) is 0 Å². The van der Waals surface area contributed by atoms with Crippen LogP contribution < -0.4 is 4.90 Å². The van der Waals surface area contributed by atoms with E-state index in [-0.39, 0.29) is 0 Å². The smallest absolute Gasteiger partial charge is 0.151 e. The lowest BCUT2D eigenvalue weighted by molar-refractivity contribution is 0.112. The van der Waals surface area contributed by atoms with Gasteiger partial charge in [-0.2, -0.15) is 0 Å². The highest BCUT2D eigenvalue weighted by atomic mass is 16.1. The first-order valence-electron chi connectivity index (χ1n) is 5.42. The van der Waals surface area contributed by atoms with Crippen LogP contribution in [0.15, 0.2) is 18.3 Å². The van der Waals surface area contributed by atoms with E-state index in [9.17, 15) is 4.79 Å². The van der Waals surface area contributed by atoms with Crippen molar-refractivity contribution in [2.75, 3.05) is 18.5 Å². The molecule has 1 aromatic rings. The zero-order valence-corrected chi connectivity index (χ0v) is 9.02. The molecule has 1 aromatic heterocycles. The van der Waals surface area contributed by atoms with E-state index in [1.807, 2.05) is 12.1 Å². The molecule has 0 bridgehead atoms. The van der Waals surface area contributed by atoms with E-state index in [0.29, 0.717) is 5.56 Å². The fourth-order valence-corrected chi connectivity index (χ4v) is 1.85. The first-order valence-corrected chi connectivity index (χ1v) is 5.42. The van der Waals surface area contributed by atoms with Gasteiger partial charge >= 0.3 is 0 Å². The Hall–Kier alpha value is -1.38. The SMILES string of the molecule is CN(CC1CCC1)c1ccc(C=O)cn1. The number of aldehydes is 1. The molecular weight excluding hydrogens is 188 g/mol. The molecule has 0 spiro atoms. The van der Waals surface area contributed by atoms with Crippen molar-refractivity contribution in [2.24, 2.45) is 5.92 Å². The van der Waals surface area contributed by atoms with Crippen molar-refractivity contribution in [1.82, 2.24) is 4.98 Å². The summed E-state index contributed by atoms with van der Waals surface area (Å²) in [5, 5.41) is 0. The molecule has 80 valence electrons. The van der Waals surface area contributed by atoms with Crippen molar-refractivity contribution in [3.63, 3.8) is 0 Å². The Balaban J connectivity index is 1.97. The van der Waals surface area contributed by atoms with Gasteiger partial charge in [-0.05, 0) is 30.9 Å². The van der Waals surface area contributed by atoms with Gasteiger partial charge in [-0.1, -0.05) is 6.42 Å².